The van der Waals surface area contributed by atoms with Crippen molar-refractivity contribution >= 4 is 11.9 Å². The summed E-state index contributed by atoms with van der Waals surface area (Å²) in [5.74, 6) is -0.805. The molecule has 96 valence electrons. The van der Waals surface area contributed by atoms with E-state index in [0.29, 0.717) is 13.2 Å². The van der Waals surface area contributed by atoms with Crippen molar-refractivity contribution in [3.8, 4) is 0 Å². The minimum atomic E-state index is -0.989. The van der Waals surface area contributed by atoms with Crippen LogP contribution in [0.1, 0.15) is 26.7 Å². The lowest BCUT2D eigenvalue weighted by molar-refractivity contribution is -0.159. The van der Waals surface area contributed by atoms with Crippen molar-refractivity contribution in [3.63, 3.8) is 0 Å². The molecule has 5 heteroatoms. The highest BCUT2D eigenvalue weighted by molar-refractivity contribution is 5.83. The van der Waals surface area contributed by atoms with Gasteiger partial charge in [0, 0.05) is 12.5 Å². The molecule has 1 saturated heterocycles. The number of rotatable bonds is 3. The van der Waals surface area contributed by atoms with Gasteiger partial charge in [0.2, 0.25) is 5.91 Å². The molecule has 3 unspecified atom stereocenters. The molecule has 1 N–H and O–H groups in total. The zero-order valence-electron chi connectivity index (χ0n) is 10.3. The average molecular weight is 241 g/mol. The third kappa shape index (κ3) is 2.29. The van der Waals surface area contributed by atoms with Crippen molar-refractivity contribution in [2.75, 3.05) is 19.7 Å². The Morgan fingerprint density at radius 2 is 2.24 bits per heavy atom. The zero-order chi connectivity index (χ0) is 12.6. The van der Waals surface area contributed by atoms with E-state index in [1.165, 1.54) is 0 Å². The Bertz CT molecular complexity index is 343. The standard InChI is InChI=1S/C12H19NO4/c1-3-12(2)6-8(12)10(14)13-4-5-17-9(7-13)11(15)16/h8-9H,3-7H2,1-2H3,(H,15,16). The van der Waals surface area contributed by atoms with Gasteiger partial charge in [0.15, 0.2) is 6.10 Å². The number of carbonyl (C=O) groups excluding carboxylic acids is 1. The van der Waals surface area contributed by atoms with E-state index in [1.54, 1.807) is 4.90 Å². The summed E-state index contributed by atoms with van der Waals surface area (Å²) >= 11 is 0. The van der Waals surface area contributed by atoms with Crippen molar-refractivity contribution in [1.82, 2.24) is 4.90 Å². The van der Waals surface area contributed by atoms with Gasteiger partial charge >= 0.3 is 5.97 Å². The molecule has 2 rings (SSSR count). The Labute approximate surface area is 101 Å². The summed E-state index contributed by atoms with van der Waals surface area (Å²) in [4.78, 5) is 24.7. The maximum Gasteiger partial charge on any atom is 0.334 e. The number of carbonyl (C=O) groups is 2. The minimum absolute atomic E-state index is 0.0834. The fourth-order valence-corrected chi connectivity index (χ4v) is 2.40. The van der Waals surface area contributed by atoms with Crippen molar-refractivity contribution in [1.29, 1.82) is 0 Å². The highest BCUT2D eigenvalue weighted by Crippen LogP contribution is 2.55. The van der Waals surface area contributed by atoms with E-state index in [4.69, 9.17) is 9.84 Å². The fraction of sp³-hybridized carbons (Fsp3) is 0.833. The lowest BCUT2D eigenvalue weighted by Gasteiger charge is -2.31. The Balaban J connectivity index is 1.95. The molecular formula is C12H19NO4. The van der Waals surface area contributed by atoms with Crippen LogP contribution in [0.5, 0.6) is 0 Å². The van der Waals surface area contributed by atoms with Crippen LogP contribution in [0.4, 0.5) is 0 Å². The maximum atomic E-state index is 12.2. The van der Waals surface area contributed by atoms with Crippen molar-refractivity contribution in [2.45, 2.75) is 32.8 Å². The summed E-state index contributed by atoms with van der Waals surface area (Å²) in [5, 5.41) is 8.88. The fourth-order valence-electron chi connectivity index (χ4n) is 2.40. The monoisotopic (exact) mass is 241 g/mol. The van der Waals surface area contributed by atoms with Crippen LogP contribution in [-0.4, -0.2) is 47.7 Å². The van der Waals surface area contributed by atoms with Crippen LogP contribution in [0, 0.1) is 11.3 Å². The quantitative estimate of drug-likeness (QED) is 0.791. The van der Waals surface area contributed by atoms with E-state index in [2.05, 4.69) is 13.8 Å². The number of ether oxygens (including phenoxy) is 1. The molecular weight excluding hydrogens is 222 g/mol. The van der Waals surface area contributed by atoms with Gasteiger partial charge in [-0.2, -0.15) is 0 Å². The molecule has 17 heavy (non-hydrogen) atoms. The minimum Gasteiger partial charge on any atom is -0.479 e. The molecule has 5 nitrogen and oxygen atoms in total. The van der Waals surface area contributed by atoms with Crippen LogP contribution in [0.3, 0.4) is 0 Å². The Morgan fingerprint density at radius 3 is 2.76 bits per heavy atom. The Morgan fingerprint density at radius 1 is 1.53 bits per heavy atom. The van der Waals surface area contributed by atoms with E-state index in [-0.39, 0.29) is 23.8 Å². The number of aliphatic carboxylic acids is 1. The molecule has 0 spiro atoms. The average Bonchev–Trinajstić information content (AvgIpc) is 3.01. The predicted molar refractivity (Wildman–Crippen MR) is 60.5 cm³/mol. The smallest absolute Gasteiger partial charge is 0.334 e. The number of hydrogen-bond donors (Lipinski definition) is 1. The number of morpholine rings is 1. The first-order chi connectivity index (χ1) is 7.98. The highest BCUT2D eigenvalue weighted by Gasteiger charge is 2.54. The van der Waals surface area contributed by atoms with Crippen LogP contribution >= 0.6 is 0 Å². The molecule has 2 aliphatic rings. The summed E-state index contributed by atoms with van der Waals surface area (Å²) in [5.41, 5.74) is 0.133. The van der Waals surface area contributed by atoms with Gasteiger partial charge in [0.25, 0.3) is 0 Å². The molecule has 1 aliphatic heterocycles. The molecule has 3 atom stereocenters. The summed E-state index contributed by atoms with van der Waals surface area (Å²) in [6.45, 7) is 5.22. The molecule has 0 aromatic carbocycles. The summed E-state index contributed by atoms with van der Waals surface area (Å²) in [6, 6.07) is 0. The summed E-state index contributed by atoms with van der Waals surface area (Å²) in [6.07, 6.45) is 1.06. The summed E-state index contributed by atoms with van der Waals surface area (Å²) < 4.78 is 5.10. The van der Waals surface area contributed by atoms with Gasteiger partial charge in [0.1, 0.15) is 0 Å². The third-order valence-corrected chi connectivity index (χ3v) is 4.11. The normalized spacial score (nSPS) is 36.7. The zero-order valence-corrected chi connectivity index (χ0v) is 10.3. The van der Waals surface area contributed by atoms with Gasteiger partial charge in [0.05, 0.1) is 13.2 Å². The van der Waals surface area contributed by atoms with Crippen LogP contribution in [-0.2, 0) is 14.3 Å². The van der Waals surface area contributed by atoms with Gasteiger partial charge < -0.3 is 14.7 Å². The van der Waals surface area contributed by atoms with Crippen molar-refractivity contribution in [3.05, 3.63) is 0 Å². The van der Waals surface area contributed by atoms with Crippen LogP contribution in [0.15, 0.2) is 0 Å². The second-order valence-corrected chi connectivity index (χ2v) is 5.25. The largest absolute Gasteiger partial charge is 0.479 e. The molecule has 0 radical (unpaired) electrons. The van der Waals surface area contributed by atoms with Crippen LogP contribution in [0.2, 0.25) is 0 Å². The van der Waals surface area contributed by atoms with Gasteiger partial charge in [-0.15, -0.1) is 0 Å². The van der Waals surface area contributed by atoms with Gasteiger partial charge in [-0.25, -0.2) is 4.79 Å². The third-order valence-electron chi connectivity index (χ3n) is 4.11. The maximum absolute atomic E-state index is 12.2. The topological polar surface area (TPSA) is 66.8 Å². The number of carboxylic acid groups (broad SMARTS) is 1. The van der Waals surface area contributed by atoms with Crippen molar-refractivity contribution in [2.24, 2.45) is 11.3 Å². The highest BCUT2D eigenvalue weighted by atomic mass is 16.5. The second kappa shape index (κ2) is 4.29. The number of carboxylic acids is 1. The molecule has 2 fully saturated rings. The lowest BCUT2D eigenvalue weighted by Crippen LogP contribution is -2.49. The lowest BCUT2D eigenvalue weighted by atomic mass is 10.0. The van der Waals surface area contributed by atoms with E-state index in [9.17, 15) is 9.59 Å². The molecule has 0 bridgehead atoms. The van der Waals surface area contributed by atoms with Gasteiger partial charge in [-0.1, -0.05) is 13.8 Å². The first kappa shape index (κ1) is 12.4. The predicted octanol–water partition coefficient (Wildman–Crippen LogP) is 0.735. The first-order valence-electron chi connectivity index (χ1n) is 6.11. The van der Waals surface area contributed by atoms with Gasteiger partial charge in [-0.3, -0.25) is 4.79 Å². The Hall–Kier alpha value is -1.10. The SMILES string of the molecule is CCC1(C)CC1C(=O)N1CCOC(C(=O)O)C1. The second-order valence-electron chi connectivity index (χ2n) is 5.25. The molecule has 0 aromatic rings. The number of amides is 1. The Kier molecular flexibility index (Phi) is 3.12. The van der Waals surface area contributed by atoms with Crippen molar-refractivity contribution < 1.29 is 19.4 Å². The number of hydrogen-bond acceptors (Lipinski definition) is 3. The molecule has 1 heterocycles. The molecule has 0 aromatic heterocycles. The van der Waals surface area contributed by atoms with E-state index in [1.807, 2.05) is 0 Å². The molecule has 1 saturated carbocycles. The molecule has 1 aliphatic carbocycles. The van der Waals surface area contributed by atoms with E-state index >= 15 is 0 Å². The molecule has 1 amide bonds. The number of nitrogens with zero attached hydrogens (tertiary/aromatic N) is 1. The van der Waals surface area contributed by atoms with Crippen LogP contribution in [0.25, 0.3) is 0 Å². The van der Waals surface area contributed by atoms with Gasteiger partial charge in [-0.05, 0) is 18.3 Å². The van der Waals surface area contributed by atoms with Crippen LogP contribution < -0.4 is 0 Å². The van der Waals surface area contributed by atoms with E-state index in [0.717, 1.165) is 12.8 Å². The van der Waals surface area contributed by atoms with E-state index < -0.39 is 12.1 Å². The summed E-state index contributed by atoms with van der Waals surface area (Å²) in [7, 11) is 0. The first-order valence-corrected chi connectivity index (χ1v) is 6.11.